The molecule has 0 aliphatic carbocycles. The van der Waals surface area contributed by atoms with Crippen molar-refractivity contribution < 1.29 is 13.9 Å². The molecule has 182 valence electrons. The summed E-state index contributed by atoms with van der Waals surface area (Å²) in [6.45, 7) is 3.31. The number of fused-ring (bicyclic) bond motifs is 1. The van der Waals surface area contributed by atoms with Crippen LogP contribution in [-0.2, 0) is 4.79 Å². The molecule has 2 N–H and O–H groups in total. The molecule has 0 fully saturated rings. The Morgan fingerprint density at radius 3 is 2.77 bits per heavy atom. The fourth-order valence-electron chi connectivity index (χ4n) is 4.40. The van der Waals surface area contributed by atoms with Crippen molar-refractivity contribution in [2.75, 3.05) is 25.2 Å². The number of rotatable bonds is 7. The van der Waals surface area contributed by atoms with Gasteiger partial charge in [0, 0.05) is 17.4 Å². The number of nitrogens with zero attached hydrogens (tertiary/aromatic N) is 5. The summed E-state index contributed by atoms with van der Waals surface area (Å²) in [4.78, 5) is 23.7. The number of hydrogen-bond donors (Lipinski definition) is 1. The van der Waals surface area contributed by atoms with E-state index in [1.807, 2.05) is 67.1 Å². The van der Waals surface area contributed by atoms with Crippen LogP contribution in [0.1, 0.15) is 36.1 Å². The number of hydrogen-bond acceptors (Lipinski definition) is 6. The van der Waals surface area contributed by atoms with E-state index >= 15 is 0 Å². The van der Waals surface area contributed by atoms with Crippen molar-refractivity contribution in [2.24, 2.45) is 15.9 Å². The van der Waals surface area contributed by atoms with Gasteiger partial charge in [0.1, 0.15) is 24.2 Å². The van der Waals surface area contributed by atoms with Crippen molar-refractivity contribution in [3.8, 4) is 11.4 Å². The number of imidazole rings is 1. The summed E-state index contributed by atoms with van der Waals surface area (Å²) in [7, 11) is 1.59. The number of anilines is 1. The molecule has 1 amide bonds. The summed E-state index contributed by atoms with van der Waals surface area (Å²) in [5, 5.41) is 3.89. The number of methoxy groups -OCH3 is 1. The predicted octanol–water partition coefficient (Wildman–Crippen LogP) is 3.80. The van der Waals surface area contributed by atoms with Crippen molar-refractivity contribution in [1.82, 2.24) is 9.55 Å². The number of para-hydroxylation sites is 1. The van der Waals surface area contributed by atoms with E-state index in [0.717, 1.165) is 22.6 Å². The molecule has 2 heterocycles. The predicted molar refractivity (Wildman–Crippen MR) is 136 cm³/mol. The van der Waals surface area contributed by atoms with Crippen molar-refractivity contribution in [2.45, 2.75) is 32.2 Å². The Balaban J connectivity index is 1.62. The highest BCUT2D eigenvalue weighted by Gasteiger charge is 2.32. The smallest absolute Gasteiger partial charge is 0.251 e. The Labute approximate surface area is 203 Å². The van der Waals surface area contributed by atoms with E-state index in [4.69, 9.17) is 10.6 Å². The fraction of sp³-hybridized carbons (Fsp3) is 0.308. The van der Waals surface area contributed by atoms with Crippen molar-refractivity contribution in [1.29, 1.82) is 0 Å². The summed E-state index contributed by atoms with van der Waals surface area (Å²) < 4.78 is 20.8. The quantitative estimate of drug-likeness (QED) is 0.319. The van der Waals surface area contributed by atoms with E-state index in [2.05, 4.69) is 15.1 Å². The normalized spacial score (nSPS) is 18.6. The number of nitrogens with two attached hydrogens (primary N) is 1. The van der Waals surface area contributed by atoms with Crippen LogP contribution in [-0.4, -0.2) is 53.8 Å². The SMILES string of the molecule is COc1cc(/C(C=NC2CC(C)c3ccccc3N(CCF)C2=O)=N/N)ccc1-n1cnc(C)c1. The van der Waals surface area contributed by atoms with Crippen LogP contribution in [0.5, 0.6) is 5.75 Å². The van der Waals surface area contributed by atoms with E-state index < -0.39 is 12.7 Å². The lowest BCUT2D eigenvalue weighted by molar-refractivity contribution is -0.119. The van der Waals surface area contributed by atoms with E-state index in [1.165, 1.54) is 11.1 Å². The Hall–Kier alpha value is -4.01. The first-order valence-corrected chi connectivity index (χ1v) is 11.4. The topological polar surface area (TPSA) is 98.1 Å². The number of hydrazone groups is 1. The maximum Gasteiger partial charge on any atom is 0.251 e. The lowest BCUT2D eigenvalue weighted by Crippen LogP contribution is -2.39. The second kappa shape index (κ2) is 10.5. The third kappa shape index (κ3) is 4.94. The largest absolute Gasteiger partial charge is 0.495 e. The maximum atomic E-state index is 13.3. The lowest BCUT2D eigenvalue weighted by Gasteiger charge is -2.23. The van der Waals surface area contributed by atoms with Gasteiger partial charge in [0.25, 0.3) is 5.91 Å². The first kappa shape index (κ1) is 24.1. The summed E-state index contributed by atoms with van der Waals surface area (Å²) in [5.74, 6) is 6.13. The summed E-state index contributed by atoms with van der Waals surface area (Å²) in [5.41, 5.74) is 4.54. The van der Waals surface area contributed by atoms with Crippen LogP contribution in [0, 0.1) is 6.92 Å². The van der Waals surface area contributed by atoms with Gasteiger partial charge in [-0.25, -0.2) is 9.37 Å². The molecule has 2 aromatic carbocycles. The molecule has 0 saturated carbocycles. The molecule has 1 aliphatic heterocycles. The summed E-state index contributed by atoms with van der Waals surface area (Å²) in [6.07, 6.45) is 5.62. The lowest BCUT2D eigenvalue weighted by atomic mass is 9.94. The molecule has 3 aromatic rings. The molecule has 8 nitrogen and oxygen atoms in total. The number of alkyl halides is 1. The molecule has 2 unspecified atom stereocenters. The zero-order chi connectivity index (χ0) is 24.9. The van der Waals surface area contributed by atoms with E-state index in [-0.39, 0.29) is 18.4 Å². The Kier molecular flexibility index (Phi) is 7.24. The van der Waals surface area contributed by atoms with Gasteiger partial charge in [-0.2, -0.15) is 5.10 Å². The van der Waals surface area contributed by atoms with Crippen molar-refractivity contribution >= 4 is 23.5 Å². The Morgan fingerprint density at radius 2 is 2.09 bits per heavy atom. The van der Waals surface area contributed by atoms with Crippen molar-refractivity contribution in [3.05, 3.63) is 71.8 Å². The van der Waals surface area contributed by atoms with Crippen LogP contribution < -0.4 is 15.5 Å². The first-order chi connectivity index (χ1) is 17.0. The van der Waals surface area contributed by atoms with Gasteiger partial charge in [0.05, 0.1) is 37.6 Å². The number of aromatic nitrogens is 2. The first-order valence-electron chi connectivity index (χ1n) is 11.4. The van der Waals surface area contributed by atoms with Gasteiger partial charge in [-0.05, 0) is 43.0 Å². The highest BCUT2D eigenvalue weighted by Crippen LogP contribution is 2.35. The minimum Gasteiger partial charge on any atom is -0.495 e. The van der Waals surface area contributed by atoms with Gasteiger partial charge >= 0.3 is 0 Å². The van der Waals surface area contributed by atoms with Crippen LogP contribution in [0.15, 0.2) is 65.1 Å². The highest BCUT2D eigenvalue weighted by atomic mass is 19.1. The maximum absolute atomic E-state index is 13.3. The number of halogens is 1. The highest BCUT2D eigenvalue weighted by molar-refractivity contribution is 6.38. The zero-order valence-electron chi connectivity index (χ0n) is 20.1. The number of carbonyl (C=O) groups excluding carboxylic acids is 1. The van der Waals surface area contributed by atoms with Crippen molar-refractivity contribution in [3.63, 3.8) is 0 Å². The average molecular weight is 477 g/mol. The molecule has 4 rings (SSSR count). The second-order valence-corrected chi connectivity index (χ2v) is 8.49. The molecule has 1 aromatic heterocycles. The van der Waals surface area contributed by atoms with Gasteiger partial charge in [0.2, 0.25) is 0 Å². The molecule has 35 heavy (non-hydrogen) atoms. The van der Waals surface area contributed by atoms with E-state index in [1.54, 1.807) is 13.4 Å². The number of aryl methyl sites for hydroxylation is 1. The third-order valence-electron chi connectivity index (χ3n) is 6.18. The number of benzene rings is 2. The standard InChI is InChI=1S/C26H29FN6O2/c1-17-12-21(26(34)33(11-10-27)23-7-5-4-6-20(17)23)29-14-22(31-28)19-8-9-24(25(13-19)35-3)32-15-18(2)30-16-32/h4-9,13-17,21H,10-12,28H2,1-3H3/b29-14?,31-22+. The molecule has 2 atom stereocenters. The molecule has 1 aliphatic rings. The molecular formula is C26H29FN6O2. The molecule has 0 spiro atoms. The van der Waals surface area contributed by atoms with E-state index in [9.17, 15) is 9.18 Å². The van der Waals surface area contributed by atoms with Crippen LogP contribution in [0.3, 0.4) is 0 Å². The van der Waals surface area contributed by atoms with Gasteiger partial charge in [-0.3, -0.25) is 9.79 Å². The van der Waals surface area contributed by atoms with Gasteiger partial charge in [0.15, 0.2) is 0 Å². The Morgan fingerprint density at radius 1 is 1.29 bits per heavy atom. The molecule has 0 saturated heterocycles. The zero-order valence-corrected chi connectivity index (χ0v) is 20.1. The van der Waals surface area contributed by atoms with Gasteiger partial charge in [-0.1, -0.05) is 31.2 Å². The van der Waals surface area contributed by atoms with Gasteiger partial charge in [-0.15, -0.1) is 0 Å². The summed E-state index contributed by atoms with van der Waals surface area (Å²) in [6, 6.07) is 12.5. The molecular weight excluding hydrogens is 447 g/mol. The number of ether oxygens (including phenoxy) is 1. The van der Waals surface area contributed by atoms with Crippen LogP contribution in [0.2, 0.25) is 0 Å². The van der Waals surface area contributed by atoms with E-state index in [0.29, 0.717) is 23.4 Å². The molecule has 9 heteroatoms. The molecule has 0 bridgehead atoms. The Bertz CT molecular complexity index is 1270. The number of carbonyl (C=O) groups is 1. The third-order valence-corrected chi connectivity index (χ3v) is 6.18. The summed E-state index contributed by atoms with van der Waals surface area (Å²) >= 11 is 0. The van der Waals surface area contributed by atoms with Gasteiger partial charge < -0.3 is 20.0 Å². The van der Waals surface area contributed by atoms with Crippen LogP contribution in [0.4, 0.5) is 10.1 Å². The average Bonchev–Trinajstić information content (AvgIpc) is 3.28. The van der Waals surface area contributed by atoms with Crippen LogP contribution in [0.25, 0.3) is 5.69 Å². The minimum absolute atomic E-state index is 0.0151. The monoisotopic (exact) mass is 476 g/mol. The molecule has 0 radical (unpaired) electrons. The minimum atomic E-state index is -0.684. The second-order valence-electron chi connectivity index (χ2n) is 8.49. The number of aliphatic imine (C=N–C) groups is 1. The number of amides is 1. The van der Waals surface area contributed by atoms with Crippen LogP contribution >= 0.6 is 0 Å². The fourth-order valence-corrected chi connectivity index (χ4v) is 4.40.